The lowest BCUT2D eigenvalue weighted by molar-refractivity contribution is 1.21. The maximum atomic E-state index is 4.47. The molecular formula is C23H27NS. The average Bonchev–Trinajstić information content (AvgIpc) is 2.69. The molecular weight excluding hydrogens is 322 g/mol. The van der Waals surface area contributed by atoms with Crippen LogP contribution in [0.5, 0.6) is 0 Å². The van der Waals surface area contributed by atoms with Crippen molar-refractivity contribution in [3.05, 3.63) is 103 Å². The zero-order valence-electron chi connectivity index (χ0n) is 15.3. The Kier molecular flexibility index (Phi) is 9.20. The van der Waals surface area contributed by atoms with Crippen LogP contribution in [-0.4, -0.2) is 0 Å². The molecule has 0 aliphatic heterocycles. The predicted octanol–water partition coefficient (Wildman–Crippen LogP) is 7.40. The van der Waals surface area contributed by atoms with Crippen molar-refractivity contribution < 1.29 is 0 Å². The topological polar surface area (TPSA) is 3.24 Å². The normalized spacial score (nSPS) is 11.2. The first-order valence-corrected chi connectivity index (χ1v) is 8.92. The summed E-state index contributed by atoms with van der Waals surface area (Å²) in [5.74, 6) is 0. The first kappa shape index (κ1) is 20.6. The van der Waals surface area contributed by atoms with Gasteiger partial charge in [-0.3, -0.25) is 0 Å². The lowest BCUT2D eigenvalue weighted by Crippen LogP contribution is -2.14. The van der Waals surface area contributed by atoms with Crippen LogP contribution in [0.25, 0.3) is 4.91 Å². The van der Waals surface area contributed by atoms with Crippen molar-refractivity contribution in [1.29, 1.82) is 0 Å². The van der Waals surface area contributed by atoms with E-state index >= 15 is 0 Å². The Hall–Kier alpha value is -2.45. The predicted molar refractivity (Wildman–Crippen MR) is 117 cm³/mol. The minimum absolute atomic E-state index is 0.966. The standard InChI is InChI=1S/C21H21NS.C2H6/c1-4-10-18(5-2)22(19-11-8-7-9-12-19)20-15-13-17(14-16-20)21(23)6-3;1-2/h4-16,23H,1-2H2,3H3;1-2H3/b18-10+,21-6-;. The Bertz CT molecular complexity index is 724. The van der Waals surface area contributed by atoms with E-state index in [1.807, 2.05) is 57.2 Å². The highest BCUT2D eigenvalue weighted by molar-refractivity contribution is 7.90. The van der Waals surface area contributed by atoms with Gasteiger partial charge in [0, 0.05) is 22.0 Å². The fraction of sp³-hybridized carbons (Fsp3) is 0.130. The molecule has 0 atom stereocenters. The second-order valence-corrected chi connectivity index (χ2v) is 5.40. The maximum Gasteiger partial charge on any atom is 0.0462 e. The Balaban J connectivity index is 0.00000151. The van der Waals surface area contributed by atoms with Gasteiger partial charge < -0.3 is 4.90 Å². The fourth-order valence-corrected chi connectivity index (χ4v) is 2.48. The van der Waals surface area contributed by atoms with E-state index in [0.717, 1.165) is 27.5 Å². The zero-order valence-corrected chi connectivity index (χ0v) is 16.2. The van der Waals surface area contributed by atoms with Crippen LogP contribution in [0.3, 0.4) is 0 Å². The molecule has 0 aliphatic rings. The second kappa shape index (κ2) is 11.2. The molecule has 0 radical (unpaired) electrons. The molecule has 2 rings (SSSR count). The second-order valence-electron chi connectivity index (χ2n) is 4.92. The molecule has 0 unspecified atom stereocenters. The van der Waals surface area contributed by atoms with Crippen LogP contribution >= 0.6 is 12.6 Å². The van der Waals surface area contributed by atoms with Gasteiger partial charge in [-0.15, -0.1) is 12.6 Å². The van der Waals surface area contributed by atoms with Gasteiger partial charge in [-0.05, 0) is 48.9 Å². The summed E-state index contributed by atoms with van der Waals surface area (Å²) in [5.41, 5.74) is 4.20. The Morgan fingerprint density at radius 1 is 0.920 bits per heavy atom. The highest BCUT2D eigenvalue weighted by Crippen LogP contribution is 2.31. The molecule has 130 valence electrons. The average molecular weight is 350 g/mol. The first-order chi connectivity index (χ1) is 12.2. The van der Waals surface area contributed by atoms with Crippen molar-refractivity contribution in [2.75, 3.05) is 4.90 Å². The summed E-state index contributed by atoms with van der Waals surface area (Å²) < 4.78 is 0. The van der Waals surface area contributed by atoms with Gasteiger partial charge in [-0.2, -0.15) is 0 Å². The summed E-state index contributed by atoms with van der Waals surface area (Å²) >= 11 is 4.47. The quantitative estimate of drug-likeness (QED) is 0.420. The van der Waals surface area contributed by atoms with E-state index in [2.05, 4.69) is 67.1 Å². The van der Waals surface area contributed by atoms with Crippen LogP contribution in [0.4, 0.5) is 11.4 Å². The molecule has 2 aromatic rings. The number of hydrogen-bond acceptors (Lipinski definition) is 2. The molecule has 0 spiro atoms. The number of thiol groups is 1. The molecule has 0 bridgehead atoms. The van der Waals surface area contributed by atoms with Gasteiger partial charge in [-0.25, -0.2) is 0 Å². The molecule has 0 heterocycles. The Morgan fingerprint density at radius 2 is 1.48 bits per heavy atom. The molecule has 0 aliphatic carbocycles. The molecule has 0 saturated heterocycles. The number of anilines is 2. The van der Waals surface area contributed by atoms with Gasteiger partial charge in [0.1, 0.15) is 0 Å². The molecule has 0 N–H and O–H groups in total. The molecule has 2 heteroatoms. The number of allylic oxidation sites excluding steroid dienone is 4. The lowest BCUT2D eigenvalue weighted by atomic mass is 10.1. The maximum absolute atomic E-state index is 4.47. The number of para-hydroxylation sites is 1. The van der Waals surface area contributed by atoms with Gasteiger partial charge in [0.15, 0.2) is 0 Å². The van der Waals surface area contributed by atoms with E-state index in [4.69, 9.17) is 0 Å². The zero-order chi connectivity index (χ0) is 18.7. The molecule has 2 aromatic carbocycles. The van der Waals surface area contributed by atoms with E-state index in [1.165, 1.54) is 0 Å². The summed E-state index contributed by atoms with van der Waals surface area (Å²) in [7, 11) is 0. The monoisotopic (exact) mass is 349 g/mol. The molecule has 1 nitrogen and oxygen atoms in total. The van der Waals surface area contributed by atoms with Crippen LogP contribution < -0.4 is 4.90 Å². The third-order valence-electron chi connectivity index (χ3n) is 3.47. The van der Waals surface area contributed by atoms with Crippen molar-refractivity contribution in [2.24, 2.45) is 0 Å². The number of rotatable bonds is 6. The summed E-state index contributed by atoms with van der Waals surface area (Å²) in [5, 5.41) is 0. The van der Waals surface area contributed by atoms with Crippen LogP contribution in [-0.2, 0) is 0 Å². The minimum atomic E-state index is 0.966. The van der Waals surface area contributed by atoms with E-state index in [-0.39, 0.29) is 0 Å². The lowest BCUT2D eigenvalue weighted by Gasteiger charge is -2.26. The van der Waals surface area contributed by atoms with Crippen LogP contribution in [0.15, 0.2) is 97.8 Å². The van der Waals surface area contributed by atoms with E-state index < -0.39 is 0 Å². The van der Waals surface area contributed by atoms with Crippen molar-refractivity contribution >= 4 is 28.9 Å². The van der Waals surface area contributed by atoms with E-state index in [0.29, 0.717) is 0 Å². The van der Waals surface area contributed by atoms with E-state index in [9.17, 15) is 0 Å². The minimum Gasteiger partial charge on any atom is -0.311 e. The number of nitrogens with zero attached hydrogens (tertiary/aromatic N) is 1. The van der Waals surface area contributed by atoms with Crippen molar-refractivity contribution in [1.82, 2.24) is 0 Å². The van der Waals surface area contributed by atoms with Crippen LogP contribution in [0.2, 0.25) is 0 Å². The number of hydrogen-bond donors (Lipinski definition) is 1. The van der Waals surface area contributed by atoms with Crippen LogP contribution in [0, 0.1) is 0 Å². The van der Waals surface area contributed by atoms with Crippen LogP contribution in [0.1, 0.15) is 26.3 Å². The molecule has 0 fully saturated rings. The highest BCUT2D eigenvalue weighted by Gasteiger charge is 2.12. The fourth-order valence-electron chi connectivity index (χ4n) is 2.33. The first-order valence-electron chi connectivity index (χ1n) is 8.47. The smallest absolute Gasteiger partial charge is 0.0462 e. The van der Waals surface area contributed by atoms with Crippen molar-refractivity contribution in [3.8, 4) is 0 Å². The van der Waals surface area contributed by atoms with E-state index in [1.54, 1.807) is 6.08 Å². The van der Waals surface area contributed by atoms with Gasteiger partial charge in [0.05, 0.1) is 0 Å². The molecule has 25 heavy (non-hydrogen) atoms. The van der Waals surface area contributed by atoms with Gasteiger partial charge >= 0.3 is 0 Å². The summed E-state index contributed by atoms with van der Waals surface area (Å²) in [6.45, 7) is 13.7. The van der Waals surface area contributed by atoms with Gasteiger partial charge in [0.25, 0.3) is 0 Å². The molecule has 0 amide bonds. The summed E-state index contributed by atoms with van der Waals surface area (Å²) in [6.07, 6.45) is 7.54. The third-order valence-corrected chi connectivity index (χ3v) is 3.98. The van der Waals surface area contributed by atoms with Gasteiger partial charge in [0.2, 0.25) is 0 Å². The van der Waals surface area contributed by atoms with Crippen molar-refractivity contribution in [3.63, 3.8) is 0 Å². The SMILES string of the molecule is C=C/C=C(\C=C)N(c1ccccc1)c1ccc(/C(S)=C/C)cc1.CC. The highest BCUT2D eigenvalue weighted by atomic mass is 32.1. The summed E-state index contributed by atoms with van der Waals surface area (Å²) in [6, 6.07) is 18.5. The van der Waals surface area contributed by atoms with Crippen molar-refractivity contribution in [2.45, 2.75) is 20.8 Å². The van der Waals surface area contributed by atoms with Gasteiger partial charge in [-0.1, -0.05) is 69.5 Å². The number of benzene rings is 2. The molecule has 0 saturated carbocycles. The molecule has 0 aromatic heterocycles. The summed E-state index contributed by atoms with van der Waals surface area (Å²) in [4.78, 5) is 3.11. The largest absolute Gasteiger partial charge is 0.311 e. The Morgan fingerprint density at radius 3 is 1.96 bits per heavy atom. The Labute approximate surface area is 158 Å². The third kappa shape index (κ3) is 5.54.